The molecule has 1 aliphatic heterocycles. The van der Waals surface area contributed by atoms with E-state index in [2.05, 4.69) is 0 Å². The third-order valence-corrected chi connectivity index (χ3v) is 3.28. The van der Waals surface area contributed by atoms with Gasteiger partial charge in [-0.05, 0) is 45.0 Å². The average molecular weight is 292 g/mol. The van der Waals surface area contributed by atoms with Crippen molar-refractivity contribution < 1.29 is 14.3 Å². The van der Waals surface area contributed by atoms with Crippen molar-refractivity contribution in [2.24, 2.45) is 0 Å². The highest BCUT2D eigenvalue weighted by atomic mass is 16.6. The SMILES string of the molecule is CC(C)(C)OC(=O)N1CCC(Oc2ccc(N)cc2)CC1. The van der Waals surface area contributed by atoms with Crippen molar-refractivity contribution in [1.82, 2.24) is 4.90 Å². The molecule has 21 heavy (non-hydrogen) atoms. The molecule has 5 heteroatoms. The molecule has 5 nitrogen and oxygen atoms in total. The zero-order chi connectivity index (χ0) is 15.5. The van der Waals surface area contributed by atoms with Crippen LogP contribution in [-0.2, 0) is 4.74 Å². The molecule has 0 bridgehead atoms. The number of piperidine rings is 1. The Hall–Kier alpha value is -1.91. The van der Waals surface area contributed by atoms with Crippen LogP contribution in [0.3, 0.4) is 0 Å². The topological polar surface area (TPSA) is 64.8 Å². The minimum atomic E-state index is -0.450. The predicted octanol–water partition coefficient (Wildman–Crippen LogP) is 3.05. The summed E-state index contributed by atoms with van der Waals surface area (Å²) in [6.45, 7) is 6.95. The Morgan fingerprint density at radius 2 is 1.76 bits per heavy atom. The number of hydrogen-bond donors (Lipinski definition) is 1. The Balaban J connectivity index is 1.80. The summed E-state index contributed by atoms with van der Waals surface area (Å²) in [5.41, 5.74) is 5.92. The minimum Gasteiger partial charge on any atom is -0.490 e. The third kappa shape index (κ3) is 4.85. The van der Waals surface area contributed by atoms with Crippen LogP contribution in [0, 0.1) is 0 Å². The monoisotopic (exact) mass is 292 g/mol. The van der Waals surface area contributed by atoms with Crippen LogP contribution >= 0.6 is 0 Å². The van der Waals surface area contributed by atoms with Gasteiger partial charge in [-0.1, -0.05) is 0 Å². The number of hydrogen-bond acceptors (Lipinski definition) is 4. The van der Waals surface area contributed by atoms with Crippen molar-refractivity contribution in [2.45, 2.75) is 45.3 Å². The first-order valence-corrected chi connectivity index (χ1v) is 7.33. The Bertz CT molecular complexity index is 471. The summed E-state index contributed by atoms with van der Waals surface area (Å²) in [5.74, 6) is 0.819. The van der Waals surface area contributed by atoms with Crippen LogP contribution in [0.15, 0.2) is 24.3 Å². The van der Waals surface area contributed by atoms with Crippen molar-refractivity contribution in [1.29, 1.82) is 0 Å². The molecule has 2 rings (SSSR count). The molecule has 0 radical (unpaired) electrons. The van der Waals surface area contributed by atoms with E-state index in [0.717, 1.165) is 24.3 Å². The normalized spacial score (nSPS) is 16.6. The van der Waals surface area contributed by atoms with E-state index >= 15 is 0 Å². The highest BCUT2D eigenvalue weighted by molar-refractivity contribution is 5.68. The lowest BCUT2D eigenvalue weighted by molar-refractivity contribution is 0.0126. The number of anilines is 1. The molecular weight excluding hydrogens is 268 g/mol. The number of ether oxygens (including phenoxy) is 2. The number of likely N-dealkylation sites (tertiary alicyclic amines) is 1. The van der Waals surface area contributed by atoms with E-state index in [9.17, 15) is 4.79 Å². The number of nitrogen functional groups attached to an aromatic ring is 1. The summed E-state index contributed by atoms with van der Waals surface area (Å²) >= 11 is 0. The second kappa shape index (κ2) is 6.24. The zero-order valence-corrected chi connectivity index (χ0v) is 13.0. The smallest absolute Gasteiger partial charge is 0.410 e. The Kier molecular flexibility index (Phi) is 4.60. The van der Waals surface area contributed by atoms with Gasteiger partial charge in [0.25, 0.3) is 0 Å². The zero-order valence-electron chi connectivity index (χ0n) is 13.0. The first-order valence-electron chi connectivity index (χ1n) is 7.33. The van der Waals surface area contributed by atoms with Gasteiger partial charge >= 0.3 is 6.09 Å². The molecule has 0 spiro atoms. The van der Waals surface area contributed by atoms with E-state index in [1.165, 1.54) is 0 Å². The molecule has 0 aromatic heterocycles. The maximum atomic E-state index is 12.0. The average Bonchev–Trinajstić information content (AvgIpc) is 2.40. The van der Waals surface area contributed by atoms with Gasteiger partial charge in [-0.25, -0.2) is 4.79 Å². The van der Waals surface area contributed by atoms with E-state index in [1.54, 1.807) is 4.90 Å². The predicted molar refractivity (Wildman–Crippen MR) is 82.3 cm³/mol. The number of nitrogens with zero attached hydrogens (tertiary/aromatic N) is 1. The summed E-state index contributed by atoms with van der Waals surface area (Å²) in [6, 6.07) is 7.39. The van der Waals surface area contributed by atoms with Crippen LogP contribution in [0.1, 0.15) is 33.6 Å². The highest BCUT2D eigenvalue weighted by Crippen LogP contribution is 2.21. The van der Waals surface area contributed by atoms with Gasteiger partial charge in [0.15, 0.2) is 0 Å². The fourth-order valence-corrected chi connectivity index (χ4v) is 2.22. The summed E-state index contributed by atoms with van der Waals surface area (Å²) in [4.78, 5) is 13.7. The summed E-state index contributed by atoms with van der Waals surface area (Å²) in [5, 5.41) is 0. The van der Waals surface area contributed by atoms with Crippen LogP contribution in [0.4, 0.5) is 10.5 Å². The van der Waals surface area contributed by atoms with Crippen molar-refractivity contribution in [2.75, 3.05) is 18.8 Å². The summed E-state index contributed by atoms with van der Waals surface area (Å²) < 4.78 is 11.3. The molecular formula is C16H24N2O3. The molecule has 116 valence electrons. The highest BCUT2D eigenvalue weighted by Gasteiger charge is 2.27. The van der Waals surface area contributed by atoms with Gasteiger partial charge in [0, 0.05) is 31.6 Å². The molecule has 1 fully saturated rings. The lowest BCUT2D eigenvalue weighted by atomic mass is 10.1. The molecule has 1 saturated heterocycles. The van der Waals surface area contributed by atoms with Gasteiger partial charge in [0.1, 0.15) is 17.5 Å². The Morgan fingerprint density at radius 1 is 1.19 bits per heavy atom. The number of amides is 1. The lowest BCUT2D eigenvalue weighted by Crippen LogP contribution is -2.44. The molecule has 0 saturated carbocycles. The largest absolute Gasteiger partial charge is 0.490 e. The van der Waals surface area contributed by atoms with Gasteiger partial charge in [-0.2, -0.15) is 0 Å². The minimum absolute atomic E-state index is 0.132. The molecule has 1 aromatic carbocycles. The van der Waals surface area contributed by atoms with Crippen LogP contribution in [0.25, 0.3) is 0 Å². The quantitative estimate of drug-likeness (QED) is 0.851. The standard InChI is InChI=1S/C16H24N2O3/c1-16(2,3)21-15(19)18-10-8-14(9-11-18)20-13-6-4-12(17)5-7-13/h4-7,14H,8-11,17H2,1-3H3. The fourth-order valence-electron chi connectivity index (χ4n) is 2.22. The third-order valence-electron chi connectivity index (χ3n) is 3.28. The van der Waals surface area contributed by atoms with Crippen molar-refractivity contribution in [3.63, 3.8) is 0 Å². The number of nitrogens with two attached hydrogens (primary N) is 1. The Morgan fingerprint density at radius 3 is 2.29 bits per heavy atom. The first kappa shape index (κ1) is 15.5. The van der Waals surface area contributed by atoms with Gasteiger partial charge in [0.2, 0.25) is 0 Å². The van der Waals surface area contributed by atoms with Gasteiger partial charge in [-0.15, -0.1) is 0 Å². The van der Waals surface area contributed by atoms with E-state index in [-0.39, 0.29) is 12.2 Å². The molecule has 1 aliphatic rings. The first-order chi connectivity index (χ1) is 9.83. The molecule has 2 N–H and O–H groups in total. The fraction of sp³-hybridized carbons (Fsp3) is 0.562. The number of carbonyl (C=O) groups is 1. The lowest BCUT2D eigenvalue weighted by Gasteiger charge is -2.33. The second-order valence-corrected chi connectivity index (χ2v) is 6.35. The molecule has 0 unspecified atom stereocenters. The number of benzene rings is 1. The van der Waals surface area contributed by atoms with Crippen molar-refractivity contribution in [3.8, 4) is 5.75 Å². The van der Waals surface area contributed by atoms with E-state index in [0.29, 0.717) is 13.1 Å². The van der Waals surface area contributed by atoms with Crippen LogP contribution in [0.5, 0.6) is 5.75 Å². The molecule has 1 aromatic rings. The number of carbonyl (C=O) groups excluding carboxylic acids is 1. The van der Waals surface area contributed by atoms with Crippen molar-refractivity contribution in [3.05, 3.63) is 24.3 Å². The van der Waals surface area contributed by atoms with E-state index in [1.807, 2.05) is 45.0 Å². The van der Waals surface area contributed by atoms with Crippen LogP contribution in [0.2, 0.25) is 0 Å². The van der Waals surface area contributed by atoms with Crippen molar-refractivity contribution >= 4 is 11.8 Å². The van der Waals surface area contributed by atoms with Gasteiger partial charge in [0.05, 0.1) is 0 Å². The molecule has 0 atom stereocenters. The van der Waals surface area contributed by atoms with E-state index in [4.69, 9.17) is 15.2 Å². The molecule has 1 amide bonds. The van der Waals surface area contributed by atoms with Gasteiger partial charge < -0.3 is 20.1 Å². The maximum absolute atomic E-state index is 12.0. The Labute approximate surface area is 126 Å². The van der Waals surface area contributed by atoms with E-state index < -0.39 is 5.60 Å². The number of rotatable bonds is 2. The van der Waals surface area contributed by atoms with Gasteiger partial charge in [-0.3, -0.25) is 0 Å². The molecule has 1 heterocycles. The van der Waals surface area contributed by atoms with Crippen LogP contribution < -0.4 is 10.5 Å². The second-order valence-electron chi connectivity index (χ2n) is 6.35. The van der Waals surface area contributed by atoms with Crippen LogP contribution in [-0.4, -0.2) is 35.8 Å². The maximum Gasteiger partial charge on any atom is 0.410 e. The molecule has 0 aliphatic carbocycles. The summed E-state index contributed by atoms with van der Waals surface area (Å²) in [6.07, 6.45) is 1.51. The summed E-state index contributed by atoms with van der Waals surface area (Å²) in [7, 11) is 0.